The third kappa shape index (κ3) is 8.43. The molecule has 0 aromatic heterocycles. The fraction of sp³-hybridized carbons (Fsp3) is 0.235. The van der Waals surface area contributed by atoms with Crippen LogP contribution in [-0.2, 0) is 32.6 Å². The van der Waals surface area contributed by atoms with Gasteiger partial charge in [0.2, 0.25) is 11.8 Å². The van der Waals surface area contributed by atoms with Crippen molar-refractivity contribution in [1.82, 2.24) is 10.2 Å². The third-order valence-electron chi connectivity index (χ3n) is 7.15. The van der Waals surface area contributed by atoms with Gasteiger partial charge in [-0.3, -0.25) is 13.9 Å². The summed E-state index contributed by atoms with van der Waals surface area (Å²) in [5.74, 6) is -0.192. The average Bonchev–Trinajstić information content (AvgIpc) is 3.06. The van der Waals surface area contributed by atoms with E-state index in [0.717, 1.165) is 19.9 Å². The fourth-order valence-corrected chi connectivity index (χ4v) is 6.55. The van der Waals surface area contributed by atoms with Crippen molar-refractivity contribution in [1.29, 1.82) is 0 Å². The summed E-state index contributed by atoms with van der Waals surface area (Å²) in [5, 5.41) is 2.86. The number of likely N-dealkylation sites (N-methyl/N-ethyl adjacent to an activating group) is 1. The van der Waals surface area contributed by atoms with E-state index in [1.807, 2.05) is 61.5 Å². The second kappa shape index (κ2) is 15.6. The molecule has 45 heavy (non-hydrogen) atoms. The first-order valence-electron chi connectivity index (χ1n) is 14.3. The number of nitrogens with zero attached hydrogens (tertiary/aromatic N) is 2. The molecule has 0 saturated heterocycles. The molecule has 1 N–H and O–H groups in total. The Kier molecular flexibility index (Phi) is 11.6. The SMILES string of the molecule is CCNC(=O)[C@@H](Cc1ccccc1)N(Cc1ccc(Br)cc1)C(=O)CN(c1ccc(OC)c(OC)c1)S(=O)(=O)c1ccccc1. The zero-order chi connectivity index (χ0) is 32.4. The molecule has 2 amide bonds. The molecule has 0 spiro atoms. The van der Waals surface area contributed by atoms with Gasteiger partial charge in [-0.25, -0.2) is 8.42 Å². The van der Waals surface area contributed by atoms with Crippen molar-refractivity contribution in [2.24, 2.45) is 0 Å². The van der Waals surface area contributed by atoms with Crippen LogP contribution in [0, 0.1) is 0 Å². The van der Waals surface area contributed by atoms with Crippen LogP contribution in [-0.4, -0.2) is 58.5 Å². The highest BCUT2D eigenvalue weighted by molar-refractivity contribution is 9.10. The van der Waals surface area contributed by atoms with Crippen LogP contribution in [0.1, 0.15) is 18.1 Å². The quantitative estimate of drug-likeness (QED) is 0.189. The van der Waals surface area contributed by atoms with E-state index in [2.05, 4.69) is 21.2 Å². The van der Waals surface area contributed by atoms with Crippen LogP contribution in [0.2, 0.25) is 0 Å². The van der Waals surface area contributed by atoms with Crippen molar-refractivity contribution in [3.63, 3.8) is 0 Å². The Bertz CT molecular complexity index is 1690. The van der Waals surface area contributed by atoms with Crippen molar-refractivity contribution in [2.75, 3.05) is 31.6 Å². The highest BCUT2D eigenvalue weighted by Crippen LogP contribution is 2.34. The predicted molar refractivity (Wildman–Crippen MR) is 178 cm³/mol. The molecule has 0 aliphatic rings. The monoisotopic (exact) mass is 693 g/mol. The van der Waals surface area contributed by atoms with Crippen LogP contribution in [0.4, 0.5) is 5.69 Å². The molecule has 11 heteroatoms. The van der Waals surface area contributed by atoms with Crippen molar-refractivity contribution < 1.29 is 27.5 Å². The number of ether oxygens (including phenoxy) is 2. The minimum Gasteiger partial charge on any atom is -0.493 e. The molecule has 0 aliphatic carbocycles. The van der Waals surface area contributed by atoms with Crippen LogP contribution in [0.5, 0.6) is 11.5 Å². The highest BCUT2D eigenvalue weighted by Gasteiger charge is 2.34. The Hall–Kier alpha value is -4.35. The maximum Gasteiger partial charge on any atom is 0.264 e. The van der Waals surface area contributed by atoms with E-state index in [0.29, 0.717) is 18.0 Å². The van der Waals surface area contributed by atoms with Crippen LogP contribution in [0.3, 0.4) is 0 Å². The van der Waals surface area contributed by atoms with Gasteiger partial charge >= 0.3 is 0 Å². The van der Waals surface area contributed by atoms with E-state index in [1.54, 1.807) is 30.3 Å². The van der Waals surface area contributed by atoms with E-state index < -0.39 is 28.5 Å². The van der Waals surface area contributed by atoms with E-state index >= 15 is 0 Å². The van der Waals surface area contributed by atoms with Gasteiger partial charge < -0.3 is 19.7 Å². The Balaban J connectivity index is 1.82. The molecule has 9 nitrogen and oxygen atoms in total. The minimum absolute atomic E-state index is 0.0107. The first kappa shape index (κ1) is 33.5. The van der Waals surface area contributed by atoms with Gasteiger partial charge in [-0.2, -0.15) is 0 Å². The number of hydrogen-bond acceptors (Lipinski definition) is 6. The lowest BCUT2D eigenvalue weighted by atomic mass is 10.0. The lowest BCUT2D eigenvalue weighted by Gasteiger charge is -2.34. The Morgan fingerprint density at radius 1 is 0.822 bits per heavy atom. The number of hydrogen-bond donors (Lipinski definition) is 1. The van der Waals surface area contributed by atoms with Crippen molar-refractivity contribution in [3.8, 4) is 11.5 Å². The highest BCUT2D eigenvalue weighted by atomic mass is 79.9. The second-order valence-corrected chi connectivity index (χ2v) is 12.9. The van der Waals surface area contributed by atoms with Gasteiger partial charge in [0.1, 0.15) is 12.6 Å². The Labute approximate surface area is 273 Å². The minimum atomic E-state index is -4.24. The van der Waals surface area contributed by atoms with E-state index in [9.17, 15) is 18.0 Å². The van der Waals surface area contributed by atoms with E-state index in [1.165, 1.54) is 37.3 Å². The third-order valence-corrected chi connectivity index (χ3v) is 9.47. The van der Waals surface area contributed by atoms with Gasteiger partial charge in [0, 0.05) is 30.0 Å². The van der Waals surface area contributed by atoms with Gasteiger partial charge in [-0.1, -0.05) is 76.6 Å². The summed E-state index contributed by atoms with van der Waals surface area (Å²) in [4.78, 5) is 29.5. The molecule has 0 unspecified atom stereocenters. The maximum absolute atomic E-state index is 14.5. The van der Waals surface area contributed by atoms with E-state index in [-0.39, 0.29) is 29.5 Å². The molecule has 4 aromatic rings. The summed E-state index contributed by atoms with van der Waals surface area (Å²) in [5.41, 5.74) is 1.83. The number of methoxy groups -OCH3 is 2. The molecule has 236 valence electrons. The summed E-state index contributed by atoms with van der Waals surface area (Å²) in [6.07, 6.45) is 0.233. The smallest absolute Gasteiger partial charge is 0.264 e. The zero-order valence-corrected chi connectivity index (χ0v) is 27.8. The van der Waals surface area contributed by atoms with Crippen LogP contribution in [0.25, 0.3) is 0 Å². The molecule has 0 bridgehead atoms. The maximum atomic E-state index is 14.5. The molecule has 0 radical (unpaired) electrons. The summed E-state index contributed by atoms with van der Waals surface area (Å²) < 4.78 is 41.0. The topological polar surface area (TPSA) is 105 Å². The lowest BCUT2D eigenvalue weighted by molar-refractivity contribution is -0.140. The number of nitrogens with one attached hydrogen (secondary N) is 1. The van der Waals surface area contributed by atoms with Crippen LogP contribution >= 0.6 is 15.9 Å². The lowest BCUT2D eigenvalue weighted by Crippen LogP contribution is -2.53. The number of anilines is 1. The number of sulfonamides is 1. The number of rotatable bonds is 14. The van der Waals surface area contributed by atoms with Gasteiger partial charge in [-0.15, -0.1) is 0 Å². The molecule has 0 saturated carbocycles. The van der Waals surface area contributed by atoms with Crippen LogP contribution in [0.15, 0.2) is 112 Å². The summed E-state index contributed by atoms with van der Waals surface area (Å²) in [6, 6.07) is 28.4. The standard InChI is InChI=1S/C34H36BrN3O6S/c1-4-36-34(40)30(21-25-11-7-5-8-12-25)37(23-26-15-17-27(35)18-16-26)33(39)24-38(45(41,42)29-13-9-6-10-14-29)28-19-20-31(43-2)32(22-28)44-3/h5-20,22,30H,4,21,23-24H2,1-3H3,(H,36,40)/t30-/m1/s1. The van der Waals surface area contributed by atoms with Gasteiger partial charge in [0.25, 0.3) is 10.0 Å². The summed E-state index contributed by atoms with van der Waals surface area (Å²) in [7, 11) is -1.31. The Morgan fingerprint density at radius 3 is 2.04 bits per heavy atom. The van der Waals surface area contributed by atoms with Crippen LogP contribution < -0.4 is 19.1 Å². The molecule has 0 heterocycles. The molecule has 0 fully saturated rings. The van der Waals surface area contributed by atoms with Gasteiger partial charge in [-0.05, 0) is 54.4 Å². The van der Waals surface area contributed by atoms with E-state index in [4.69, 9.17) is 9.47 Å². The zero-order valence-electron chi connectivity index (χ0n) is 25.4. The van der Waals surface area contributed by atoms with Crippen molar-refractivity contribution >= 4 is 43.5 Å². The molecular formula is C34H36BrN3O6S. The largest absolute Gasteiger partial charge is 0.493 e. The first-order valence-corrected chi connectivity index (χ1v) is 16.6. The summed E-state index contributed by atoms with van der Waals surface area (Å²) in [6.45, 7) is 1.67. The van der Waals surface area contributed by atoms with Gasteiger partial charge in [0.05, 0.1) is 24.8 Å². The van der Waals surface area contributed by atoms with Crippen molar-refractivity contribution in [3.05, 3.63) is 119 Å². The number of amides is 2. The predicted octanol–water partition coefficient (Wildman–Crippen LogP) is 5.44. The number of halogens is 1. The second-order valence-electron chi connectivity index (χ2n) is 10.1. The normalized spacial score (nSPS) is 11.7. The average molecular weight is 695 g/mol. The molecule has 0 aliphatic heterocycles. The Morgan fingerprint density at radius 2 is 1.44 bits per heavy atom. The molecule has 4 aromatic carbocycles. The fourth-order valence-electron chi connectivity index (χ4n) is 4.86. The molecule has 1 atom stereocenters. The molecular weight excluding hydrogens is 658 g/mol. The summed E-state index contributed by atoms with van der Waals surface area (Å²) >= 11 is 3.44. The van der Waals surface area contributed by atoms with Crippen molar-refractivity contribution in [2.45, 2.75) is 30.8 Å². The molecule has 4 rings (SSSR count). The van der Waals surface area contributed by atoms with Gasteiger partial charge in [0.15, 0.2) is 11.5 Å². The number of benzene rings is 4. The number of carbonyl (C=O) groups is 2. The number of carbonyl (C=O) groups excluding carboxylic acids is 2. The first-order chi connectivity index (χ1) is 21.7.